The van der Waals surface area contributed by atoms with E-state index < -0.39 is 23.2 Å². The number of anilines is 2. The SMILES string of the molecule is Nc1ccc(-n2ccc(-c3ccccn3)n2)c(F)c1.O=C(Cl)OCc1ccccc1.O=C(Nc1ccc(-n2ccc(-c3ccccn3)n2)c(F)c1)OCc1ccccc1. The van der Waals surface area contributed by atoms with Crippen LogP contribution in [-0.2, 0) is 22.7 Å². The Morgan fingerprint density at radius 3 is 1.56 bits per heavy atom. The summed E-state index contributed by atoms with van der Waals surface area (Å²) in [6.07, 6.45) is 6.06. The van der Waals surface area contributed by atoms with Crippen molar-refractivity contribution in [1.29, 1.82) is 0 Å². The Morgan fingerprint density at radius 2 is 1.08 bits per heavy atom. The van der Waals surface area contributed by atoms with Gasteiger partial charge in [-0.1, -0.05) is 72.8 Å². The maximum atomic E-state index is 14.6. The van der Waals surface area contributed by atoms with E-state index in [-0.39, 0.29) is 18.9 Å². The molecule has 0 saturated heterocycles. The Labute approximate surface area is 342 Å². The number of hydrogen-bond donors (Lipinski definition) is 2. The maximum absolute atomic E-state index is 14.6. The van der Waals surface area contributed by atoms with Crippen LogP contribution in [0, 0.1) is 11.6 Å². The van der Waals surface area contributed by atoms with Crippen LogP contribution in [0.15, 0.2) is 170 Å². The lowest BCUT2D eigenvalue weighted by Crippen LogP contribution is -2.14. The van der Waals surface area contributed by atoms with Crippen molar-refractivity contribution < 1.29 is 27.8 Å². The molecule has 0 atom stereocenters. The fraction of sp³-hybridized carbons (Fsp3) is 0.0455. The van der Waals surface area contributed by atoms with Gasteiger partial charge in [0.25, 0.3) is 0 Å². The molecule has 15 heteroatoms. The molecule has 0 aliphatic rings. The number of amides is 1. The minimum absolute atomic E-state index is 0.136. The molecule has 12 nitrogen and oxygen atoms in total. The van der Waals surface area contributed by atoms with Gasteiger partial charge in [-0.05, 0) is 83.9 Å². The first-order chi connectivity index (χ1) is 28.7. The first kappa shape index (κ1) is 40.9. The maximum Gasteiger partial charge on any atom is 0.411 e. The van der Waals surface area contributed by atoms with Crippen LogP contribution in [-0.4, -0.2) is 41.1 Å². The van der Waals surface area contributed by atoms with Crippen molar-refractivity contribution in [3.63, 3.8) is 0 Å². The smallest absolute Gasteiger partial charge is 0.411 e. The summed E-state index contributed by atoms with van der Waals surface area (Å²) in [4.78, 5) is 30.5. The molecule has 4 aromatic carbocycles. The molecule has 296 valence electrons. The van der Waals surface area contributed by atoms with Crippen molar-refractivity contribution >= 4 is 34.5 Å². The van der Waals surface area contributed by atoms with Crippen LogP contribution in [0.1, 0.15) is 11.1 Å². The van der Waals surface area contributed by atoms with E-state index in [4.69, 9.17) is 22.1 Å². The van der Waals surface area contributed by atoms with Gasteiger partial charge in [-0.3, -0.25) is 15.3 Å². The molecule has 0 radical (unpaired) electrons. The summed E-state index contributed by atoms with van der Waals surface area (Å²) in [6, 6.07) is 42.2. The Hall–Kier alpha value is -7.71. The van der Waals surface area contributed by atoms with E-state index in [0.29, 0.717) is 34.1 Å². The molecular weight excluding hydrogens is 778 g/mol. The zero-order valence-electron chi connectivity index (χ0n) is 31.1. The molecule has 4 heterocycles. The highest BCUT2D eigenvalue weighted by atomic mass is 35.5. The normalized spacial score (nSPS) is 10.3. The number of benzene rings is 4. The number of halogens is 3. The molecule has 0 saturated carbocycles. The van der Waals surface area contributed by atoms with Crippen LogP contribution >= 0.6 is 11.6 Å². The molecule has 8 aromatic rings. The number of nitrogens with zero attached hydrogens (tertiary/aromatic N) is 6. The van der Waals surface area contributed by atoms with E-state index in [1.165, 1.54) is 27.6 Å². The van der Waals surface area contributed by atoms with Crippen LogP contribution in [0.3, 0.4) is 0 Å². The molecule has 0 fully saturated rings. The molecule has 0 spiro atoms. The van der Waals surface area contributed by atoms with E-state index >= 15 is 0 Å². The summed E-state index contributed by atoms with van der Waals surface area (Å²) < 4.78 is 41.0. The number of carbonyl (C=O) groups is 2. The topological polar surface area (TPSA) is 152 Å². The lowest BCUT2D eigenvalue weighted by molar-refractivity contribution is 0.155. The molecule has 3 N–H and O–H groups in total. The first-order valence-corrected chi connectivity index (χ1v) is 18.2. The molecule has 0 aliphatic heterocycles. The largest absolute Gasteiger partial charge is 0.449 e. The molecule has 0 aliphatic carbocycles. The molecule has 4 aromatic heterocycles. The first-order valence-electron chi connectivity index (χ1n) is 17.8. The number of hydrogen-bond acceptors (Lipinski definition) is 9. The summed E-state index contributed by atoms with van der Waals surface area (Å²) in [5, 5.41) is 11.2. The lowest BCUT2D eigenvalue weighted by Gasteiger charge is -2.09. The average molecular weight is 813 g/mol. The number of nitrogens with two attached hydrogens (primary N) is 1. The molecule has 1 amide bonds. The van der Waals surface area contributed by atoms with Gasteiger partial charge >= 0.3 is 11.5 Å². The third kappa shape index (κ3) is 12.1. The van der Waals surface area contributed by atoms with Gasteiger partial charge in [0.15, 0.2) is 11.6 Å². The van der Waals surface area contributed by atoms with Crippen molar-refractivity contribution in [2.45, 2.75) is 13.2 Å². The van der Waals surface area contributed by atoms with Gasteiger partial charge < -0.3 is 15.2 Å². The number of ether oxygens (including phenoxy) is 2. The van der Waals surface area contributed by atoms with Gasteiger partial charge in [-0.2, -0.15) is 10.2 Å². The summed E-state index contributed by atoms with van der Waals surface area (Å²) >= 11 is 4.97. The summed E-state index contributed by atoms with van der Waals surface area (Å²) in [6.45, 7) is 0.375. The number of rotatable bonds is 9. The Balaban J connectivity index is 0.000000166. The van der Waals surface area contributed by atoms with Gasteiger partial charge in [0, 0.05) is 47.8 Å². The van der Waals surface area contributed by atoms with E-state index in [1.54, 1.807) is 55.1 Å². The summed E-state index contributed by atoms with van der Waals surface area (Å²) in [5.74, 6) is -0.933. The van der Waals surface area contributed by atoms with Crippen molar-refractivity contribution in [3.8, 4) is 34.2 Å². The van der Waals surface area contributed by atoms with Gasteiger partial charge in [-0.25, -0.2) is 27.7 Å². The molecule has 0 bridgehead atoms. The van der Waals surface area contributed by atoms with Crippen molar-refractivity contribution in [3.05, 3.63) is 193 Å². The summed E-state index contributed by atoms with van der Waals surface area (Å²) in [7, 11) is 0. The highest BCUT2D eigenvalue weighted by molar-refractivity contribution is 6.61. The highest BCUT2D eigenvalue weighted by Gasteiger charge is 2.12. The predicted octanol–water partition coefficient (Wildman–Crippen LogP) is 10.0. The van der Waals surface area contributed by atoms with Crippen LogP contribution < -0.4 is 11.1 Å². The van der Waals surface area contributed by atoms with Gasteiger partial charge in [-0.15, -0.1) is 0 Å². The number of pyridine rings is 2. The van der Waals surface area contributed by atoms with Crippen LogP contribution in [0.4, 0.5) is 29.7 Å². The predicted molar refractivity (Wildman–Crippen MR) is 221 cm³/mol. The van der Waals surface area contributed by atoms with Gasteiger partial charge in [0.1, 0.15) is 36.0 Å². The number of aromatic nitrogens is 6. The van der Waals surface area contributed by atoms with Crippen molar-refractivity contribution in [2.75, 3.05) is 11.1 Å². The monoisotopic (exact) mass is 812 g/mol. The second kappa shape index (κ2) is 20.5. The van der Waals surface area contributed by atoms with Crippen molar-refractivity contribution in [2.24, 2.45) is 0 Å². The molecule has 8 rings (SSSR count). The van der Waals surface area contributed by atoms with Crippen LogP contribution in [0.2, 0.25) is 0 Å². The third-order valence-electron chi connectivity index (χ3n) is 8.10. The Kier molecular flexibility index (Phi) is 14.2. The van der Waals surface area contributed by atoms with E-state index in [0.717, 1.165) is 16.8 Å². The second-order valence-electron chi connectivity index (χ2n) is 12.3. The van der Waals surface area contributed by atoms with Crippen molar-refractivity contribution in [1.82, 2.24) is 29.5 Å². The quantitative estimate of drug-likeness (QED) is 0.107. The number of nitrogens with one attached hydrogen (secondary N) is 1. The average Bonchev–Trinajstić information content (AvgIpc) is 3.96. The zero-order chi connectivity index (χ0) is 41.4. The molecular formula is C44H35ClF2N8O4. The zero-order valence-corrected chi connectivity index (χ0v) is 31.9. The van der Waals surface area contributed by atoms with E-state index in [2.05, 4.69) is 30.2 Å². The lowest BCUT2D eigenvalue weighted by atomic mass is 10.2. The Bertz CT molecular complexity index is 2580. The van der Waals surface area contributed by atoms with Crippen LogP contribution in [0.25, 0.3) is 34.2 Å². The fourth-order valence-corrected chi connectivity index (χ4v) is 5.34. The number of carbonyl (C=O) groups excluding carboxylic acids is 2. The number of nitrogen functional groups attached to an aromatic ring is 1. The Morgan fingerprint density at radius 1 is 0.593 bits per heavy atom. The fourth-order valence-electron chi connectivity index (χ4n) is 5.29. The van der Waals surface area contributed by atoms with Crippen LogP contribution in [0.5, 0.6) is 0 Å². The second-order valence-corrected chi connectivity index (χ2v) is 12.6. The van der Waals surface area contributed by atoms with Gasteiger partial charge in [0.05, 0.1) is 11.4 Å². The molecule has 0 unspecified atom stereocenters. The molecule has 59 heavy (non-hydrogen) atoms. The van der Waals surface area contributed by atoms with E-state index in [1.807, 2.05) is 97.1 Å². The highest BCUT2D eigenvalue weighted by Crippen LogP contribution is 2.22. The third-order valence-corrected chi connectivity index (χ3v) is 8.21. The minimum Gasteiger partial charge on any atom is -0.449 e. The minimum atomic E-state index is -0.770. The van der Waals surface area contributed by atoms with Gasteiger partial charge in [0.2, 0.25) is 0 Å². The summed E-state index contributed by atoms with van der Waals surface area (Å²) in [5.41, 5.74) is 10.6. The standard InChI is InChI=1S/C22H17FN4O2.C14H11FN4.C8H7ClO2/c23-18-14-17(25-22(28)29-15-16-6-2-1-3-7-16)9-10-21(18)27-13-11-20(26-27)19-8-4-5-12-24-19;15-11-9-10(16)4-5-14(11)19-8-6-13(18-19)12-3-1-2-7-17-12;9-8(10)11-6-7-4-2-1-3-5-7/h1-14H,15H2,(H,25,28);1-9H,16H2;1-5H,6H2. The van der Waals surface area contributed by atoms with E-state index in [9.17, 15) is 18.4 Å².